The number of sulfonamides is 1. The molecule has 0 atom stereocenters. The number of nitrogens with two attached hydrogens (primary N) is 1. The fourth-order valence-corrected chi connectivity index (χ4v) is 1.84. The maximum atomic E-state index is 11.5. The Morgan fingerprint density at radius 1 is 1.19 bits per heavy atom. The minimum atomic E-state index is -3.19. The van der Waals surface area contributed by atoms with E-state index in [4.69, 9.17) is 5.73 Å². The Labute approximate surface area is 96.9 Å². The number of benzene rings is 1. The van der Waals surface area contributed by atoms with Crippen LogP contribution in [0.2, 0.25) is 0 Å². The molecule has 0 amide bonds. The van der Waals surface area contributed by atoms with E-state index in [0.717, 1.165) is 11.1 Å². The van der Waals surface area contributed by atoms with Gasteiger partial charge in [-0.1, -0.05) is 24.3 Å². The van der Waals surface area contributed by atoms with Gasteiger partial charge >= 0.3 is 0 Å². The van der Waals surface area contributed by atoms with Gasteiger partial charge in [-0.05, 0) is 25.0 Å². The standard InChI is InChI=1S/C11H18N2O2S/c1-9(2)16(14,15)13-8-11-5-3-10(7-12)4-6-11/h3-6,9,13H,7-8,12H2,1-2H3. The van der Waals surface area contributed by atoms with Gasteiger partial charge < -0.3 is 5.73 Å². The van der Waals surface area contributed by atoms with Crippen LogP contribution in [0.3, 0.4) is 0 Å². The van der Waals surface area contributed by atoms with E-state index in [-0.39, 0.29) is 0 Å². The van der Waals surface area contributed by atoms with Crippen molar-refractivity contribution in [3.05, 3.63) is 35.4 Å². The van der Waals surface area contributed by atoms with Crippen molar-refractivity contribution >= 4 is 10.0 Å². The van der Waals surface area contributed by atoms with Crippen molar-refractivity contribution < 1.29 is 8.42 Å². The average molecular weight is 242 g/mol. The van der Waals surface area contributed by atoms with Gasteiger partial charge in [-0.3, -0.25) is 0 Å². The lowest BCUT2D eigenvalue weighted by Gasteiger charge is -2.09. The molecule has 0 fully saturated rings. The van der Waals surface area contributed by atoms with Crippen molar-refractivity contribution in [1.82, 2.24) is 4.72 Å². The van der Waals surface area contributed by atoms with E-state index < -0.39 is 15.3 Å². The molecule has 90 valence electrons. The van der Waals surface area contributed by atoms with Crippen LogP contribution in [0.5, 0.6) is 0 Å². The zero-order chi connectivity index (χ0) is 12.2. The molecule has 1 aromatic rings. The Morgan fingerprint density at radius 2 is 1.69 bits per heavy atom. The third-order valence-electron chi connectivity index (χ3n) is 2.36. The van der Waals surface area contributed by atoms with Crippen LogP contribution in [0.15, 0.2) is 24.3 Å². The molecule has 5 heteroatoms. The van der Waals surface area contributed by atoms with E-state index >= 15 is 0 Å². The Morgan fingerprint density at radius 3 is 2.12 bits per heavy atom. The molecular weight excluding hydrogens is 224 g/mol. The predicted octanol–water partition coefficient (Wildman–Crippen LogP) is 0.973. The average Bonchev–Trinajstić information content (AvgIpc) is 2.27. The van der Waals surface area contributed by atoms with Crippen LogP contribution in [-0.4, -0.2) is 13.7 Å². The summed E-state index contributed by atoms with van der Waals surface area (Å²) in [5.41, 5.74) is 7.44. The summed E-state index contributed by atoms with van der Waals surface area (Å²) < 4.78 is 25.5. The lowest BCUT2D eigenvalue weighted by atomic mass is 10.1. The van der Waals surface area contributed by atoms with Crippen molar-refractivity contribution in [2.24, 2.45) is 5.73 Å². The zero-order valence-corrected chi connectivity index (χ0v) is 10.4. The second kappa shape index (κ2) is 5.43. The quantitative estimate of drug-likeness (QED) is 0.808. The Hall–Kier alpha value is -0.910. The number of hydrogen-bond acceptors (Lipinski definition) is 3. The topological polar surface area (TPSA) is 72.2 Å². The molecule has 0 unspecified atom stereocenters. The third kappa shape index (κ3) is 3.59. The molecule has 0 aromatic heterocycles. The molecule has 0 radical (unpaired) electrons. The van der Waals surface area contributed by atoms with Crippen LogP contribution < -0.4 is 10.5 Å². The van der Waals surface area contributed by atoms with Gasteiger partial charge in [0.1, 0.15) is 0 Å². The molecule has 0 bridgehead atoms. The van der Waals surface area contributed by atoms with Gasteiger partial charge in [-0.25, -0.2) is 13.1 Å². The molecule has 0 spiro atoms. The maximum absolute atomic E-state index is 11.5. The lowest BCUT2D eigenvalue weighted by molar-refractivity contribution is 0.572. The highest BCUT2D eigenvalue weighted by atomic mass is 32.2. The minimum absolute atomic E-state index is 0.325. The molecule has 1 rings (SSSR count). The highest BCUT2D eigenvalue weighted by Gasteiger charge is 2.14. The van der Waals surface area contributed by atoms with E-state index in [0.29, 0.717) is 13.1 Å². The van der Waals surface area contributed by atoms with Gasteiger partial charge in [0.2, 0.25) is 10.0 Å². The summed E-state index contributed by atoms with van der Waals surface area (Å²) in [4.78, 5) is 0. The van der Waals surface area contributed by atoms with Gasteiger partial charge in [0.25, 0.3) is 0 Å². The Kier molecular flexibility index (Phi) is 4.46. The smallest absolute Gasteiger partial charge is 0.214 e. The first-order valence-electron chi connectivity index (χ1n) is 5.22. The molecule has 1 aromatic carbocycles. The van der Waals surface area contributed by atoms with Crippen LogP contribution in [0.4, 0.5) is 0 Å². The molecule has 0 aliphatic rings. The normalized spacial score (nSPS) is 12.0. The predicted molar refractivity (Wildman–Crippen MR) is 65.2 cm³/mol. The van der Waals surface area contributed by atoms with Gasteiger partial charge in [-0.15, -0.1) is 0 Å². The zero-order valence-electron chi connectivity index (χ0n) is 9.60. The summed E-state index contributed by atoms with van der Waals surface area (Å²) in [5, 5.41) is -0.407. The first-order chi connectivity index (χ1) is 7.45. The molecule has 0 heterocycles. The fourth-order valence-electron chi connectivity index (χ4n) is 1.14. The summed E-state index contributed by atoms with van der Waals surface area (Å²) in [6, 6.07) is 7.56. The van der Waals surface area contributed by atoms with Crippen LogP contribution in [-0.2, 0) is 23.1 Å². The Balaban J connectivity index is 2.62. The van der Waals surface area contributed by atoms with E-state index in [1.165, 1.54) is 0 Å². The van der Waals surface area contributed by atoms with Crippen LogP contribution in [0.1, 0.15) is 25.0 Å². The molecule has 3 N–H and O–H groups in total. The highest BCUT2D eigenvalue weighted by molar-refractivity contribution is 7.90. The van der Waals surface area contributed by atoms with E-state index in [1.54, 1.807) is 13.8 Å². The Bertz CT molecular complexity index is 424. The lowest BCUT2D eigenvalue weighted by Crippen LogP contribution is -2.30. The molecule has 0 aliphatic heterocycles. The molecule has 0 saturated carbocycles. The summed E-state index contributed by atoms with van der Waals surface area (Å²) in [7, 11) is -3.19. The van der Waals surface area contributed by atoms with Crippen molar-refractivity contribution in [2.75, 3.05) is 0 Å². The largest absolute Gasteiger partial charge is 0.326 e. The number of rotatable bonds is 5. The number of hydrogen-bond donors (Lipinski definition) is 2. The molecule has 0 saturated heterocycles. The molecule has 4 nitrogen and oxygen atoms in total. The second-order valence-corrected chi connectivity index (χ2v) is 6.26. The summed E-state index contributed by atoms with van der Waals surface area (Å²) in [6.07, 6.45) is 0. The van der Waals surface area contributed by atoms with Gasteiger partial charge in [0, 0.05) is 13.1 Å². The fraction of sp³-hybridized carbons (Fsp3) is 0.455. The summed E-state index contributed by atoms with van der Waals surface area (Å²) in [6.45, 7) is 4.13. The maximum Gasteiger partial charge on any atom is 0.214 e. The van der Waals surface area contributed by atoms with Gasteiger partial charge in [0.05, 0.1) is 5.25 Å². The molecule has 0 aliphatic carbocycles. The SMILES string of the molecule is CC(C)S(=O)(=O)NCc1ccc(CN)cc1. The van der Waals surface area contributed by atoms with E-state index in [1.807, 2.05) is 24.3 Å². The third-order valence-corrected chi connectivity index (χ3v) is 4.14. The van der Waals surface area contributed by atoms with Crippen LogP contribution in [0.25, 0.3) is 0 Å². The summed E-state index contributed by atoms with van der Waals surface area (Å²) in [5.74, 6) is 0. The van der Waals surface area contributed by atoms with Crippen LogP contribution >= 0.6 is 0 Å². The number of nitrogens with one attached hydrogen (secondary N) is 1. The van der Waals surface area contributed by atoms with Crippen molar-refractivity contribution in [2.45, 2.75) is 32.2 Å². The highest BCUT2D eigenvalue weighted by Crippen LogP contribution is 2.05. The van der Waals surface area contributed by atoms with Crippen molar-refractivity contribution in [1.29, 1.82) is 0 Å². The van der Waals surface area contributed by atoms with Crippen molar-refractivity contribution in [3.63, 3.8) is 0 Å². The first-order valence-corrected chi connectivity index (χ1v) is 6.76. The van der Waals surface area contributed by atoms with Gasteiger partial charge in [0.15, 0.2) is 0 Å². The first kappa shape index (κ1) is 13.2. The molecular formula is C11H18N2O2S. The van der Waals surface area contributed by atoms with E-state index in [2.05, 4.69) is 4.72 Å². The monoisotopic (exact) mass is 242 g/mol. The van der Waals surface area contributed by atoms with Gasteiger partial charge in [-0.2, -0.15) is 0 Å². The second-order valence-electron chi connectivity index (χ2n) is 3.94. The van der Waals surface area contributed by atoms with Crippen LogP contribution in [0, 0.1) is 0 Å². The molecule has 16 heavy (non-hydrogen) atoms. The minimum Gasteiger partial charge on any atom is -0.326 e. The van der Waals surface area contributed by atoms with E-state index in [9.17, 15) is 8.42 Å². The summed E-state index contributed by atoms with van der Waals surface area (Å²) >= 11 is 0. The van der Waals surface area contributed by atoms with Crippen molar-refractivity contribution in [3.8, 4) is 0 Å².